The van der Waals surface area contributed by atoms with Gasteiger partial charge in [0.2, 0.25) is 0 Å². The molecular formula is C18H20N2O4. The molecule has 0 radical (unpaired) electrons. The van der Waals surface area contributed by atoms with Crippen LogP contribution in [0.15, 0.2) is 58.9 Å². The van der Waals surface area contributed by atoms with E-state index in [1.54, 1.807) is 36.4 Å². The van der Waals surface area contributed by atoms with Crippen LogP contribution in [0.5, 0.6) is 11.5 Å². The van der Waals surface area contributed by atoms with Crippen molar-refractivity contribution in [3.8, 4) is 11.5 Å². The summed E-state index contributed by atoms with van der Waals surface area (Å²) in [6.07, 6.45) is -0.195. The fourth-order valence-corrected chi connectivity index (χ4v) is 2.15. The predicted octanol–water partition coefficient (Wildman–Crippen LogP) is 4.67. The maximum Gasteiger partial charge on any atom is 0.542 e. The topological polar surface area (TPSA) is 80.5 Å². The van der Waals surface area contributed by atoms with Gasteiger partial charge in [0.05, 0.1) is 6.54 Å². The van der Waals surface area contributed by atoms with Crippen molar-refractivity contribution in [1.82, 2.24) is 0 Å². The minimum atomic E-state index is -0.970. The number of rotatable bonds is 6. The van der Waals surface area contributed by atoms with Crippen molar-refractivity contribution in [3.05, 3.63) is 59.7 Å². The number of nitrogens with zero attached hydrogens (tertiary/aromatic N) is 2. The van der Waals surface area contributed by atoms with E-state index < -0.39 is 6.16 Å². The van der Waals surface area contributed by atoms with Crippen LogP contribution in [0, 0.1) is 5.92 Å². The van der Waals surface area contributed by atoms with Gasteiger partial charge in [0, 0.05) is 10.8 Å². The molecule has 126 valence electrons. The number of para-hydroxylation sites is 2. The summed E-state index contributed by atoms with van der Waals surface area (Å²) < 4.78 is 4.89. The summed E-state index contributed by atoms with van der Waals surface area (Å²) in [5.41, 5.74) is 1.49. The first-order valence-electron chi connectivity index (χ1n) is 7.66. The first-order valence-corrected chi connectivity index (χ1v) is 7.66. The fraction of sp³-hybridized carbons (Fsp3) is 0.278. The van der Waals surface area contributed by atoms with Gasteiger partial charge in [-0.1, -0.05) is 50.2 Å². The summed E-state index contributed by atoms with van der Waals surface area (Å²) in [7, 11) is 0. The number of hydrogen-bond donors (Lipinski definition) is 1. The number of phenolic OH excluding ortho intramolecular Hbond substituents is 1. The third kappa shape index (κ3) is 5.39. The van der Waals surface area contributed by atoms with Gasteiger partial charge in [-0.25, -0.2) is 4.79 Å². The zero-order valence-corrected chi connectivity index (χ0v) is 13.7. The van der Waals surface area contributed by atoms with Crippen LogP contribution in [-0.2, 0) is 17.8 Å². The van der Waals surface area contributed by atoms with Crippen LogP contribution in [0.4, 0.5) is 4.79 Å². The van der Waals surface area contributed by atoms with E-state index in [9.17, 15) is 9.90 Å². The van der Waals surface area contributed by atoms with Crippen LogP contribution in [0.3, 0.4) is 0 Å². The van der Waals surface area contributed by atoms with Gasteiger partial charge in [-0.05, 0) is 30.0 Å². The van der Waals surface area contributed by atoms with E-state index in [0.717, 1.165) is 12.0 Å². The second kappa shape index (κ2) is 8.67. The Hall–Kier alpha value is -2.89. The molecule has 0 aromatic heterocycles. The molecule has 0 aliphatic heterocycles. The number of aromatic hydroxyl groups is 1. The van der Waals surface area contributed by atoms with Crippen LogP contribution >= 0.6 is 0 Å². The van der Waals surface area contributed by atoms with Crippen molar-refractivity contribution < 1.29 is 19.5 Å². The molecule has 0 unspecified atom stereocenters. The van der Waals surface area contributed by atoms with Gasteiger partial charge in [0.25, 0.3) is 0 Å². The van der Waals surface area contributed by atoms with Gasteiger partial charge in [-0.3, -0.25) is 4.84 Å². The average Bonchev–Trinajstić information content (AvgIpc) is 2.55. The smallest absolute Gasteiger partial charge is 0.507 e. The maximum absolute atomic E-state index is 11.4. The highest BCUT2D eigenvalue weighted by Crippen LogP contribution is 2.25. The van der Waals surface area contributed by atoms with Crippen LogP contribution in [0.1, 0.15) is 25.0 Å². The summed E-state index contributed by atoms with van der Waals surface area (Å²) in [5, 5.41) is 17.3. The molecule has 2 aromatic rings. The predicted molar refractivity (Wildman–Crippen MR) is 88.8 cm³/mol. The highest BCUT2D eigenvalue weighted by Gasteiger charge is 2.09. The Morgan fingerprint density at radius 3 is 2.50 bits per heavy atom. The quantitative estimate of drug-likeness (QED) is 0.361. The number of ether oxygens (including phenoxy) is 1. The lowest BCUT2D eigenvalue weighted by Crippen LogP contribution is -2.06. The van der Waals surface area contributed by atoms with Crippen molar-refractivity contribution in [2.24, 2.45) is 16.3 Å². The van der Waals surface area contributed by atoms with E-state index in [4.69, 9.17) is 4.74 Å². The molecule has 0 aliphatic rings. The standard InChI is InChI=1S/C18H20N2O4/c1-13(2)11-14-7-6-8-15(17(14)21)12-19-20-24-18(22)23-16-9-4-3-5-10-16/h3-10,13,21H,11-12H2,1-2H3. The number of phenols is 1. The first-order chi connectivity index (χ1) is 11.6. The number of hydrogen-bond acceptors (Lipinski definition) is 6. The van der Waals surface area contributed by atoms with Crippen molar-refractivity contribution in [1.29, 1.82) is 0 Å². The third-order valence-corrected chi connectivity index (χ3v) is 3.19. The van der Waals surface area contributed by atoms with E-state index in [-0.39, 0.29) is 12.3 Å². The molecule has 0 spiro atoms. The monoisotopic (exact) mass is 328 g/mol. The Balaban J connectivity index is 1.87. The van der Waals surface area contributed by atoms with E-state index >= 15 is 0 Å². The van der Waals surface area contributed by atoms with Crippen LogP contribution in [-0.4, -0.2) is 11.3 Å². The Morgan fingerprint density at radius 1 is 1.08 bits per heavy atom. The molecule has 0 fully saturated rings. The Labute approximate surface area is 140 Å². The molecule has 2 aromatic carbocycles. The minimum absolute atomic E-state index is 0.108. The summed E-state index contributed by atoms with van der Waals surface area (Å²) in [4.78, 5) is 15.9. The van der Waals surface area contributed by atoms with Gasteiger partial charge in [0.15, 0.2) is 0 Å². The highest BCUT2D eigenvalue weighted by atomic mass is 16.8. The molecule has 0 amide bonds. The molecular weight excluding hydrogens is 308 g/mol. The lowest BCUT2D eigenvalue weighted by molar-refractivity contribution is 0.0932. The molecule has 0 aliphatic carbocycles. The molecule has 0 saturated heterocycles. The average molecular weight is 328 g/mol. The lowest BCUT2D eigenvalue weighted by atomic mass is 10.00. The van der Waals surface area contributed by atoms with E-state index in [0.29, 0.717) is 17.2 Å². The van der Waals surface area contributed by atoms with Gasteiger partial charge in [-0.2, -0.15) is 0 Å². The Morgan fingerprint density at radius 2 is 1.79 bits per heavy atom. The second-order valence-corrected chi connectivity index (χ2v) is 5.66. The summed E-state index contributed by atoms with van der Waals surface area (Å²) in [6.45, 7) is 4.27. The zero-order chi connectivity index (χ0) is 17.4. The molecule has 0 atom stereocenters. The number of benzene rings is 2. The molecule has 24 heavy (non-hydrogen) atoms. The number of carbonyl (C=O) groups is 1. The van der Waals surface area contributed by atoms with Gasteiger partial charge < -0.3 is 9.84 Å². The molecule has 6 heteroatoms. The minimum Gasteiger partial charge on any atom is -0.507 e. The molecule has 2 rings (SSSR count). The highest BCUT2D eigenvalue weighted by molar-refractivity contribution is 5.63. The van der Waals surface area contributed by atoms with Crippen LogP contribution in [0.25, 0.3) is 0 Å². The Kier molecular flexibility index (Phi) is 6.31. The molecule has 6 nitrogen and oxygen atoms in total. The van der Waals surface area contributed by atoms with Crippen LogP contribution < -0.4 is 4.74 Å². The normalized spacial score (nSPS) is 11.0. The SMILES string of the molecule is CC(C)Cc1cccc(CN=NOC(=O)Oc2ccccc2)c1O. The van der Waals surface area contributed by atoms with Crippen molar-refractivity contribution in [3.63, 3.8) is 0 Å². The van der Waals surface area contributed by atoms with Crippen molar-refractivity contribution >= 4 is 6.16 Å². The van der Waals surface area contributed by atoms with Gasteiger partial charge in [-0.15, -0.1) is 5.11 Å². The first kappa shape index (κ1) is 17.5. The van der Waals surface area contributed by atoms with Gasteiger partial charge in [0.1, 0.15) is 11.5 Å². The second-order valence-electron chi connectivity index (χ2n) is 5.66. The molecule has 1 N–H and O–H groups in total. The van der Waals surface area contributed by atoms with Crippen LogP contribution in [0.2, 0.25) is 0 Å². The third-order valence-electron chi connectivity index (χ3n) is 3.19. The molecule has 0 bridgehead atoms. The zero-order valence-electron chi connectivity index (χ0n) is 13.7. The number of carbonyl (C=O) groups excluding carboxylic acids is 1. The summed E-state index contributed by atoms with van der Waals surface area (Å²) in [6, 6.07) is 14.0. The largest absolute Gasteiger partial charge is 0.542 e. The molecule has 0 heterocycles. The van der Waals surface area contributed by atoms with Gasteiger partial charge >= 0.3 is 6.16 Å². The van der Waals surface area contributed by atoms with E-state index in [1.807, 2.05) is 12.1 Å². The van der Waals surface area contributed by atoms with E-state index in [1.165, 1.54) is 0 Å². The lowest BCUT2D eigenvalue weighted by Gasteiger charge is -2.09. The van der Waals surface area contributed by atoms with Crippen molar-refractivity contribution in [2.45, 2.75) is 26.8 Å². The summed E-state index contributed by atoms with van der Waals surface area (Å²) >= 11 is 0. The van der Waals surface area contributed by atoms with E-state index in [2.05, 4.69) is 29.1 Å². The van der Waals surface area contributed by atoms with Crippen molar-refractivity contribution in [2.75, 3.05) is 0 Å². The Bertz CT molecular complexity index is 699. The molecule has 0 saturated carbocycles. The maximum atomic E-state index is 11.4. The summed E-state index contributed by atoms with van der Waals surface area (Å²) in [5.74, 6) is 0.998. The fourth-order valence-electron chi connectivity index (χ4n) is 2.15.